The number of amides is 1. The molecule has 0 unspecified atom stereocenters. The molecule has 6 nitrogen and oxygen atoms in total. The summed E-state index contributed by atoms with van der Waals surface area (Å²) in [5.41, 5.74) is 3.28. The minimum Gasteiger partial charge on any atom is -0.376 e. The smallest absolute Gasteiger partial charge is 0.255 e. The summed E-state index contributed by atoms with van der Waals surface area (Å²) >= 11 is 0. The van der Waals surface area contributed by atoms with Crippen LogP contribution in [0.15, 0.2) is 48.5 Å². The van der Waals surface area contributed by atoms with E-state index in [1.165, 1.54) is 0 Å². The summed E-state index contributed by atoms with van der Waals surface area (Å²) in [6, 6.07) is 17.1. The molecule has 130 valence electrons. The topological polar surface area (TPSA) is 71.2 Å². The second kappa shape index (κ2) is 6.62. The quantitative estimate of drug-likeness (QED) is 0.715. The van der Waals surface area contributed by atoms with Crippen molar-refractivity contribution in [3.05, 3.63) is 59.9 Å². The fraction of sp³-hybridized carbons (Fsp3) is 0.250. The van der Waals surface area contributed by atoms with Crippen molar-refractivity contribution in [3.63, 3.8) is 0 Å². The molecule has 0 radical (unpaired) electrons. The van der Waals surface area contributed by atoms with Crippen molar-refractivity contribution in [2.24, 2.45) is 0 Å². The van der Waals surface area contributed by atoms with Gasteiger partial charge in [-0.2, -0.15) is 5.26 Å². The average Bonchev–Trinajstić information content (AvgIpc) is 3.02. The highest BCUT2D eigenvalue weighted by molar-refractivity contribution is 5.98. The van der Waals surface area contributed by atoms with Crippen LogP contribution in [0.2, 0.25) is 0 Å². The summed E-state index contributed by atoms with van der Waals surface area (Å²) < 4.78 is 7.36. The lowest BCUT2D eigenvalue weighted by Gasteiger charge is -2.31. The summed E-state index contributed by atoms with van der Waals surface area (Å²) in [5, 5.41) is 9.26. The van der Waals surface area contributed by atoms with E-state index < -0.39 is 6.04 Å². The number of morpholine rings is 1. The van der Waals surface area contributed by atoms with Gasteiger partial charge in [0.2, 0.25) is 0 Å². The van der Waals surface area contributed by atoms with Crippen molar-refractivity contribution < 1.29 is 9.53 Å². The molecule has 1 amide bonds. The minimum atomic E-state index is -0.546. The molecule has 0 saturated carbocycles. The number of rotatable bonds is 2. The molecule has 1 fully saturated rings. The molecule has 0 N–H and O–H groups in total. The van der Waals surface area contributed by atoms with Crippen LogP contribution in [0.25, 0.3) is 16.7 Å². The molecular weight excluding hydrogens is 328 g/mol. The zero-order chi connectivity index (χ0) is 18.1. The molecule has 2 aromatic carbocycles. The number of carbonyl (C=O) groups is 1. The third-order valence-corrected chi connectivity index (χ3v) is 4.62. The zero-order valence-corrected chi connectivity index (χ0v) is 14.4. The number of fused-ring (bicyclic) bond motifs is 1. The highest BCUT2D eigenvalue weighted by Gasteiger charge is 2.28. The molecule has 0 aliphatic carbocycles. The SMILES string of the molecule is Cc1nc2cc(C(=O)N3CCOC[C@@H]3C#N)ccc2n1-c1ccccc1. The van der Waals surface area contributed by atoms with Gasteiger partial charge in [-0.1, -0.05) is 18.2 Å². The number of ether oxygens (including phenoxy) is 1. The number of hydrogen-bond acceptors (Lipinski definition) is 4. The van der Waals surface area contributed by atoms with Gasteiger partial charge in [-0.25, -0.2) is 4.98 Å². The van der Waals surface area contributed by atoms with Gasteiger partial charge in [0.05, 0.1) is 30.3 Å². The molecule has 1 atom stereocenters. The van der Waals surface area contributed by atoms with Crippen molar-refractivity contribution in [2.75, 3.05) is 19.8 Å². The number of carbonyl (C=O) groups excluding carboxylic acids is 1. The van der Waals surface area contributed by atoms with E-state index in [2.05, 4.69) is 15.6 Å². The molecular formula is C20H18N4O2. The molecule has 1 aromatic heterocycles. The highest BCUT2D eigenvalue weighted by atomic mass is 16.5. The number of nitriles is 1. The normalized spacial score (nSPS) is 17.2. The van der Waals surface area contributed by atoms with Crippen molar-refractivity contribution in [1.29, 1.82) is 5.26 Å². The maximum Gasteiger partial charge on any atom is 0.255 e. The molecule has 1 aliphatic heterocycles. The summed E-state index contributed by atoms with van der Waals surface area (Å²) in [7, 11) is 0. The largest absolute Gasteiger partial charge is 0.376 e. The van der Waals surface area contributed by atoms with Crippen molar-refractivity contribution in [2.45, 2.75) is 13.0 Å². The standard InChI is InChI=1S/C20H18N4O2/c1-14-22-18-11-15(20(25)23-9-10-26-13-17(23)12-21)7-8-19(18)24(14)16-5-3-2-4-6-16/h2-8,11,17H,9-10,13H2,1H3/t17-/m0/s1. The number of hydrogen-bond donors (Lipinski definition) is 0. The fourth-order valence-electron chi connectivity index (χ4n) is 3.36. The van der Waals surface area contributed by atoms with Gasteiger partial charge in [-0.05, 0) is 37.3 Å². The van der Waals surface area contributed by atoms with E-state index in [1.807, 2.05) is 43.3 Å². The Labute approximate surface area is 151 Å². The Bertz CT molecular complexity index is 1000. The molecule has 1 saturated heterocycles. The molecule has 2 heterocycles. The van der Waals surface area contributed by atoms with Crippen molar-refractivity contribution in [3.8, 4) is 11.8 Å². The molecule has 3 aromatic rings. The first-order valence-electron chi connectivity index (χ1n) is 8.52. The van der Waals surface area contributed by atoms with E-state index in [4.69, 9.17) is 4.74 Å². The van der Waals surface area contributed by atoms with Crippen LogP contribution in [0.1, 0.15) is 16.2 Å². The van der Waals surface area contributed by atoms with E-state index in [-0.39, 0.29) is 12.5 Å². The van der Waals surface area contributed by atoms with E-state index in [0.29, 0.717) is 18.7 Å². The van der Waals surface area contributed by atoms with E-state index in [0.717, 1.165) is 22.5 Å². The Hall–Kier alpha value is -3.17. The number of imidazole rings is 1. The first kappa shape index (κ1) is 16.3. The van der Waals surface area contributed by atoms with Crippen LogP contribution in [-0.2, 0) is 4.74 Å². The maximum absolute atomic E-state index is 12.9. The van der Waals surface area contributed by atoms with E-state index >= 15 is 0 Å². The van der Waals surface area contributed by atoms with Crippen LogP contribution in [0.3, 0.4) is 0 Å². The van der Waals surface area contributed by atoms with Crippen LogP contribution in [0.4, 0.5) is 0 Å². The molecule has 1 aliphatic rings. The first-order valence-corrected chi connectivity index (χ1v) is 8.52. The molecule has 6 heteroatoms. The summed E-state index contributed by atoms with van der Waals surface area (Å²) in [6.07, 6.45) is 0. The average molecular weight is 346 g/mol. The van der Waals surface area contributed by atoms with Crippen LogP contribution in [0, 0.1) is 18.3 Å². The first-order chi connectivity index (χ1) is 12.7. The van der Waals surface area contributed by atoms with Crippen molar-refractivity contribution >= 4 is 16.9 Å². The summed E-state index contributed by atoms with van der Waals surface area (Å²) in [5.74, 6) is 0.700. The van der Waals surface area contributed by atoms with Gasteiger partial charge in [0.1, 0.15) is 11.9 Å². The second-order valence-corrected chi connectivity index (χ2v) is 6.25. The van der Waals surface area contributed by atoms with Gasteiger partial charge >= 0.3 is 0 Å². The van der Waals surface area contributed by atoms with Gasteiger partial charge in [-0.15, -0.1) is 0 Å². The van der Waals surface area contributed by atoms with Crippen LogP contribution >= 0.6 is 0 Å². The van der Waals surface area contributed by atoms with Crippen LogP contribution in [0.5, 0.6) is 0 Å². The van der Waals surface area contributed by atoms with Crippen LogP contribution < -0.4 is 0 Å². The number of para-hydroxylation sites is 1. The number of benzene rings is 2. The molecule has 0 bridgehead atoms. The van der Waals surface area contributed by atoms with E-state index in [9.17, 15) is 10.1 Å². The highest BCUT2D eigenvalue weighted by Crippen LogP contribution is 2.23. The Morgan fingerprint density at radius 2 is 2.08 bits per heavy atom. The lowest BCUT2D eigenvalue weighted by Crippen LogP contribution is -2.47. The van der Waals surface area contributed by atoms with Gasteiger partial charge in [0, 0.05) is 17.8 Å². The molecule has 4 rings (SSSR count). The maximum atomic E-state index is 12.9. The third kappa shape index (κ3) is 2.72. The van der Waals surface area contributed by atoms with Crippen molar-refractivity contribution in [1.82, 2.24) is 14.5 Å². The van der Waals surface area contributed by atoms with Gasteiger partial charge in [-0.3, -0.25) is 9.36 Å². The third-order valence-electron chi connectivity index (χ3n) is 4.62. The second-order valence-electron chi connectivity index (χ2n) is 6.25. The number of aromatic nitrogens is 2. The Kier molecular flexibility index (Phi) is 4.15. The number of aryl methyl sites for hydroxylation is 1. The Balaban J connectivity index is 1.73. The van der Waals surface area contributed by atoms with Gasteiger partial charge in [0.25, 0.3) is 5.91 Å². The lowest BCUT2D eigenvalue weighted by molar-refractivity contribution is 0.0132. The van der Waals surface area contributed by atoms with E-state index in [1.54, 1.807) is 17.0 Å². The monoisotopic (exact) mass is 346 g/mol. The molecule has 0 spiro atoms. The number of nitrogens with zero attached hydrogens (tertiary/aromatic N) is 4. The summed E-state index contributed by atoms with van der Waals surface area (Å²) in [4.78, 5) is 19.1. The fourth-order valence-corrected chi connectivity index (χ4v) is 3.36. The van der Waals surface area contributed by atoms with Crippen LogP contribution in [-0.4, -0.2) is 46.2 Å². The predicted octanol–water partition coefficient (Wildman–Crippen LogP) is 2.70. The zero-order valence-electron chi connectivity index (χ0n) is 14.4. The van der Waals surface area contributed by atoms with Gasteiger partial charge in [0.15, 0.2) is 0 Å². The Morgan fingerprint density at radius 3 is 2.85 bits per heavy atom. The Morgan fingerprint density at radius 1 is 1.27 bits per heavy atom. The summed E-state index contributed by atoms with van der Waals surface area (Å²) in [6.45, 7) is 3.08. The minimum absolute atomic E-state index is 0.159. The predicted molar refractivity (Wildman–Crippen MR) is 97.1 cm³/mol. The lowest BCUT2D eigenvalue weighted by atomic mass is 10.1. The van der Waals surface area contributed by atoms with Gasteiger partial charge < -0.3 is 9.64 Å². The molecule has 26 heavy (non-hydrogen) atoms.